The smallest absolute Gasteiger partial charge is 0.252 e. The minimum absolute atomic E-state index is 0.0320. The molecule has 0 radical (unpaired) electrons. The maximum atomic E-state index is 13.1. The van der Waals surface area contributed by atoms with Crippen molar-refractivity contribution in [2.45, 2.75) is 39.2 Å². The third-order valence-corrected chi connectivity index (χ3v) is 8.06. The minimum atomic E-state index is -0.456. The van der Waals surface area contributed by atoms with Gasteiger partial charge in [0, 0.05) is 18.1 Å². The van der Waals surface area contributed by atoms with Crippen LogP contribution >= 0.6 is 11.3 Å². The monoisotopic (exact) mass is 465 g/mol. The van der Waals surface area contributed by atoms with Crippen LogP contribution in [0.1, 0.15) is 41.3 Å². The zero-order valence-electron chi connectivity index (χ0n) is 19.3. The van der Waals surface area contributed by atoms with E-state index in [4.69, 9.17) is 9.57 Å². The summed E-state index contributed by atoms with van der Waals surface area (Å²) in [5, 5.41) is 5.88. The van der Waals surface area contributed by atoms with Gasteiger partial charge in [-0.3, -0.25) is 14.6 Å². The van der Waals surface area contributed by atoms with Crippen LogP contribution in [-0.4, -0.2) is 48.4 Å². The second-order valence-corrected chi connectivity index (χ2v) is 9.63. The molecule has 33 heavy (non-hydrogen) atoms. The van der Waals surface area contributed by atoms with Crippen molar-refractivity contribution in [2.75, 3.05) is 26.6 Å². The van der Waals surface area contributed by atoms with Gasteiger partial charge in [0.15, 0.2) is 0 Å². The first-order valence-electron chi connectivity index (χ1n) is 11.0. The molecule has 172 valence electrons. The van der Waals surface area contributed by atoms with E-state index in [-0.39, 0.29) is 5.91 Å². The number of hydroxylamine groups is 2. The average molecular weight is 466 g/mol. The largest absolute Gasteiger partial charge is 0.495 e. The van der Waals surface area contributed by atoms with Crippen LogP contribution in [0.2, 0.25) is 0 Å². The zero-order chi connectivity index (χ0) is 23.2. The highest BCUT2D eigenvalue weighted by atomic mass is 32.1. The predicted molar refractivity (Wildman–Crippen MR) is 130 cm³/mol. The van der Waals surface area contributed by atoms with Gasteiger partial charge in [-0.15, -0.1) is 11.3 Å². The number of rotatable bonds is 6. The van der Waals surface area contributed by atoms with E-state index in [1.165, 1.54) is 22.6 Å². The molecule has 1 atom stereocenters. The van der Waals surface area contributed by atoms with Crippen molar-refractivity contribution in [1.29, 1.82) is 0 Å². The number of anilines is 2. The van der Waals surface area contributed by atoms with Crippen molar-refractivity contribution < 1.29 is 14.4 Å². The number of hydrogen-bond donors (Lipinski definition) is 1. The number of nitrogens with zero attached hydrogens (tertiary/aromatic N) is 4. The van der Waals surface area contributed by atoms with E-state index in [0.29, 0.717) is 13.0 Å². The Morgan fingerprint density at radius 1 is 1.30 bits per heavy atom. The molecule has 0 saturated carbocycles. The van der Waals surface area contributed by atoms with Gasteiger partial charge in [0.05, 0.1) is 37.3 Å². The number of nitrogens with one attached hydrogen (secondary N) is 1. The lowest BCUT2D eigenvalue weighted by Gasteiger charge is -2.37. The van der Waals surface area contributed by atoms with Crippen LogP contribution in [0.25, 0.3) is 10.2 Å². The minimum Gasteiger partial charge on any atom is -0.495 e. The average Bonchev–Trinajstić information content (AvgIpc) is 3.45. The molecule has 5 rings (SSSR count). The lowest BCUT2D eigenvalue weighted by Crippen LogP contribution is -2.44. The molecule has 2 aromatic heterocycles. The molecular weight excluding hydrogens is 438 g/mol. The van der Waals surface area contributed by atoms with Crippen molar-refractivity contribution in [3.05, 3.63) is 40.0 Å². The van der Waals surface area contributed by atoms with Crippen molar-refractivity contribution in [3.8, 4) is 5.75 Å². The lowest BCUT2D eigenvalue weighted by atomic mass is 9.71. The first kappa shape index (κ1) is 21.8. The van der Waals surface area contributed by atoms with E-state index in [2.05, 4.69) is 33.3 Å². The number of hydrogen-bond acceptors (Lipinski definition) is 8. The van der Waals surface area contributed by atoms with Crippen molar-refractivity contribution >= 4 is 45.2 Å². The molecule has 1 aromatic carbocycles. The Balaban J connectivity index is 1.54. The number of carbonyl (C=O) groups is 1. The summed E-state index contributed by atoms with van der Waals surface area (Å²) in [5.41, 5.74) is 3.86. The molecule has 3 heterocycles. The summed E-state index contributed by atoms with van der Waals surface area (Å²) in [5.74, 6) is 1.55. The van der Waals surface area contributed by atoms with Crippen LogP contribution in [0.15, 0.2) is 23.5 Å². The van der Waals surface area contributed by atoms with Gasteiger partial charge >= 0.3 is 0 Å². The number of aromatic nitrogens is 2. The van der Waals surface area contributed by atoms with Gasteiger partial charge in [-0.1, -0.05) is 6.92 Å². The van der Waals surface area contributed by atoms with Crippen LogP contribution in [0, 0.1) is 5.41 Å². The molecule has 3 aromatic rings. The summed E-state index contributed by atoms with van der Waals surface area (Å²) in [6, 6.07) is 4.08. The summed E-state index contributed by atoms with van der Waals surface area (Å²) in [6.07, 6.45) is 6.48. The van der Waals surface area contributed by atoms with Gasteiger partial charge < -0.3 is 10.1 Å². The Labute approximate surface area is 196 Å². The molecule has 1 N–H and O–H groups in total. The third-order valence-electron chi connectivity index (χ3n) is 6.92. The van der Waals surface area contributed by atoms with Crippen LogP contribution in [0.3, 0.4) is 0 Å². The van der Waals surface area contributed by atoms with Gasteiger partial charge in [-0.05, 0) is 54.5 Å². The molecule has 0 saturated heterocycles. The molecule has 0 unspecified atom stereocenters. The number of amides is 1. The van der Waals surface area contributed by atoms with Crippen LogP contribution < -0.4 is 10.1 Å². The van der Waals surface area contributed by atoms with Crippen LogP contribution in [0.4, 0.5) is 11.5 Å². The second-order valence-electron chi connectivity index (χ2n) is 8.55. The molecule has 1 aliphatic heterocycles. The standard InChI is InChI=1S/C24H27N5O3S/c1-5-24(23(30)29(2)32-4)7-6-16-19(10-24)33-22-20(16)21(26-13-27-22)28-17-8-14-11-25-12-15(14)9-18(17)31-3/h8-9,11,13H,5-7,10,12H2,1-4H3,(H,26,27,28)/t24-/m1/s1. The predicted octanol–water partition coefficient (Wildman–Crippen LogP) is 4.28. The summed E-state index contributed by atoms with van der Waals surface area (Å²) in [7, 11) is 4.88. The number of aliphatic imine (C=N–C) groups is 1. The summed E-state index contributed by atoms with van der Waals surface area (Å²) < 4.78 is 5.64. The van der Waals surface area contributed by atoms with Gasteiger partial charge in [-0.2, -0.15) is 0 Å². The zero-order valence-corrected chi connectivity index (χ0v) is 20.1. The van der Waals surface area contributed by atoms with Crippen molar-refractivity contribution in [2.24, 2.45) is 10.4 Å². The maximum Gasteiger partial charge on any atom is 0.252 e. The number of carbonyl (C=O) groups excluding carboxylic acids is 1. The Morgan fingerprint density at radius 3 is 2.91 bits per heavy atom. The molecule has 8 nitrogen and oxygen atoms in total. The number of thiophene rings is 1. The third kappa shape index (κ3) is 3.55. The molecule has 1 aliphatic carbocycles. The fourth-order valence-corrected chi connectivity index (χ4v) is 6.21. The molecule has 9 heteroatoms. The first-order valence-corrected chi connectivity index (χ1v) is 11.9. The van der Waals surface area contributed by atoms with E-state index < -0.39 is 5.41 Å². The SMILES string of the molecule is CC[C@@]1(C(=O)N(C)OC)CCc2c(sc3ncnc(Nc4cc5c(cc4OC)CN=C5)c23)C1. The summed E-state index contributed by atoms with van der Waals surface area (Å²) in [4.78, 5) is 34.0. The molecule has 2 aliphatic rings. The van der Waals surface area contributed by atoms with Crippen molar-refractivity contribution in [1.82, 2.24) is 15.0 Å². The molecular formula is C24H27N5O3S. The summed E-state index contributed by atoms with van der Waals surface area (Å²) in [6.45, 7) is 2.76. The molecule has 0 spiro atoms. The Bertz CT molecular complexity index is 1270. The van der Waals surface area contributed by atoms with Crippen LogP contribution in [-0.2, 0) is 29.0 Å². The van der Waals surface area contributed by atoms with Gasteiger partial charge in [0.25, 0.3) is 5.91 Å². The topological polar surface area (TPSA) is 88.9 Å². The number of aryl methyl sites for hydroxylation is 1. The van der Waals surface area contributed by atoms with Crippen LogP contribution in [0.5, 0.6) is 5.75 Å². The molecule has 0 fully saturated rings. The number of fused-ring (bicyclic) bond motifs is 4. The highest BCUT2D eigenvalue weighted by Gasteiger charge is 2.43. The van der Waals surface area contributed by atoms with Gasteiger partial charge in [-0.25, -0.2) is 15.0 Å². The molecule has 1 amide bonds. The number of ether oxygens (including phenoxy) is 1. The van der Waals surface area contributed by atoms with Gasteiger partial charge in [0.2, 0.25) is 0 Å². The lowest BCUT2D eigenvalue weighted by molar-refractivity contribution is -0.181. The normalized spacial score (nSPS) is 18.8. The highest BCUT2D eigenvalue weighted by Crippen LogP contribution is 2.47. The first-order chi connectivity index (χ1) is 16.0. The van der Waals surface area contributed by atoms with E-state index in [1.807, 2.05) is 12.3 Å². The fraction of sp³-hybridized carbons (Fsp3) is 0.417. The van der Waals surface area contributed by atoms with E-state index >= 15 is 0 Å². The fourth-order valence-electron chi connectivity index (χ4n) is 4.88. The number of methoxy groups -OCH3 is 1. The molecule has 0 bridgehead atoms. The Kier molecular flexibility index (Phi) is 5.54. The Morgan fingerprint density at radius 2 is 2.15 bits per heavy atom. The second kappa shape index (κ2) is 8.39. The van der Waals surface area contributed by atoms with Crippen molar-refractivity contribution in [3.63, 3.8) is 0 Å². The Hall–Kier alpha value is -3.04. The quantitative estimate of drug-likeness (QED) is 0.547. The van der Waals surface area contributed by atoms with Gasteiger partial charge in [0.1, 0.15) is 22.7 Å². The number of benzene rings is 1. The van der Waals surface area contributed by atoms with E-state index in [1.54, 1.807) is 31.8 Å². The van der Waals surface area contributed by atoms with E-state index in [0.717, 1.165) is 57.9 Å². The summed E-state index contributed by atoms with van der Waals surface area (Å²) >= 11 is 1.65. The maximum absolute atomic E-state index is 13.1. The highest BCUT2D eigenvalue weighted by molar-refractivity contribution is 7.19. The van der Waals surface area contributed by atoms with E-state index in [9.17, 15) is 4.79 Å².